The lowest BCUT2D eigenvalue weighted by molar-refractivity contribution is -0.384. The third kappa shape index (κ3) is 2.83. The van der Waals surface area contributed by atoms with Crippen LogP contribution in [0, 0.1) is 21.4 Å². The van der Waals surface area contributed by atoms with Crippen molar-refractivity contribution in [2.75, 3.05) is 26.3 Å². The lowest BCUT2D eigenvalue weighted by Crippen LogP contribution is -2.35. The van der Waals surface area contributed by atoms with Gasteiger partial charge in [-0.05, 0) is 11.6 Å². The van der Waals surface area contributed by atoms with Crippen molar-refractivity contribution in [3.63, 3.8) is 0 Å². The predicted octanol–water partition coefficient (Wildman–Crippen LogP) is 1.30. The van der Waals surface area contributed by atoms with Crippen LogP contribution in [-0.2, 0) is 11.3 Å². The first kappa shape index (κ1) is 12.5. The Morgan fingerprint density at radius 2 is 2.17 bits per heavy atom. The van der Waals surface area contributed by atoms with Crippen molar-refractivity contribution >= 4 is 5.69 Å². The zero-order valence-corrected chi connectivity index (χ0v) is 9.83. The van der Waals surface area contributed by atoms with E-state index in [0.717, 1.165) is 18.7 Å². The largest absolute Gasteiger partial charge is 0.379 e. The molecule has 1 heterocycles. The smallest absolute Gasteiger partial charge is 0.270 e. The van der Waals surface area contributed by atoms with Gasteiger partial charge in [0.05, 0.1) is 29.8 Å². The molecular weight excluding hydrogens is 234 g/mol. The van der Waals surface area contributed by atoms with Crippen LogP contribution in [0.4, 0.5) is 5.69 Å². The van der Waals surface area contributed by atoms with E-state index in [1.165, 1.54) is 12.1 Å². The van der Waals surface area contributed by atoms with Crippen LogP contribution in [0.15, 0.2) is 18.2 Å². The van der Waals surface area contributed by atoms with Crippen molar-refractivity contribution in [3.8, 4) is 6.07 Å². The van der Waals surface area contributed by atoms with E-state index in [2.05, 4.69) is 4.90 Å². The van der Waals surface area contributed by atoms with Crippen LogP contribution in [0.1, 0.15) is 11.1 Å². The van der Waals surface area contributed by atoms with Gasteiger partial charge in [-0.25, -0.2) is 0 Å². The number of nitriles is 1. The van der Waals surface area contributed by atoms with Crippen LogP contribution >= 0.6 is 0 Å². The number of non-ortho nitro benzene ring substituents is 1. The average Bonchev–Trinajstić information content (AvgIpc) is 2.40. The van der Waals surface area contributed by atoms with Gasteiger partial charge in [0.25, 0.3) is 5.69 Å². The molecule has 1 aromatic carbocycles. The second-order valence-electron chi connectivity index (χ2n) is 4.10. The maximum Gasteiger partial charge on any atom is 0.270 e. The summed E-state index contributed by atoms with van der Waals surface area (Å²) in [6.45, 7) is 3.65. The number of nitro benzene ring substituents is 1. The van der Waals surface area contributed by atoms with Crippen LogP contribution in [0.5, 0.6) is 0 Å². The molecule has 0 unspecified atom stereocenters. The maximum absolute atomic E-state index is 10.6. The first-order chi connectivity index (χ1) is 8.70. The third-order valence-corrected chi connectivity index (χ3v) is 2.92. The topological polar surface area (TPSA) is 79.4 Å². The summed E-state index contributed by atoms with van der Waals surface area (Å²) in [5, 5.41) is 19.7. The van der Waals surface area contributed by atoms with Crippen LogP contribution < -0.4 is 0 Å². The van der Waals surface area contributed by atoms with Crippen molar-refractivity contribution in [2.45, 2.75) is 6.54 Å². The number of hydrogen-bond donors (Lipinski definition) is 0. The van der Waals surface area contributed by atoms with E-state index in [1.54, 1.807) is 6.07 Å². The summed E-state index contributed by atoms with van der Waals surface area (Å²) in [5.41, 5.74) is 1.15. The van der Waals surface area contributed by atoms with E-state index in [4.69, 9.17) is 10.00 Å². The summed E-state index contributed by atoms with van der Waals surface area (Å²) in [7, 11) is 0. The Hall–Kier alpha value is -1.97. The Morgan fingerprint density at radius 3 is 2.78 bits per heavy atom. The van der Waals surface area contributed by atoms with Crippen LogP contribution in [-0.4, -0.2) is 36.1 Å². The lowest BCUT2D eigenvalue weighted by atomic mass is 10.1. The Bertz CT molecular complexity index is 490. The van der Waals surface area contributed by atoms with Crippen LogP contribution in [0.25, 0.3) is 0 Å². The molecule has 0 aromatic heterocycles. The zero-order valence-electron chi connectivity index (χ0n) is 9.83. The highest BCUT2D eigenvalue weighted by atomic mass is 16.6. The van der Waals surface area contributed by atoms with Crippen LogP contribution in [0.3, 0.4) is 0 Å². The second-order valence-corrected chi connectivity index (χ2v) is 4.10. The van der Waals surface area contributed by atoms with Crippen molar-refractivity contribution in [3.05, 3.63) is 39.4 Å². The molecule has 0 radical (unpaired) electrons. The van der Waals surface area contributed by atoms with Gasteiger partial charge in [0.2, 0.25) is 0 Å². The molecule has 1 aliphatic heterocycles. The van der Waals surface area contributed by atoms with Gasteiger partial charge in [-0.2, -0.15) is 5.26 Å². The van der Waals surface area contributed by atoms with Crippen molar-refractivity contribution < 1.29 is 9.66 Å². The minimum atomic E-state index is -0.487. The van der Waals surface area contributed by atoms with E-state index < -0.39 is 4.92 Å². The fourth-order valence-electron chi connectivity index (χ4n) is 1.92. The maximum atomic E-state index is 10.6. The van der Waals surface area contributed by atoms with Gasteiger partial charge < -0.3 is 4.74 Å². The summed E-state index contributed by atoms with van der Waals surface area (Å²) in [5.74, 6) is 0. The molecule has 1 aromatic rings. The first-order valence-corrected chi connectivity index (χ1v) is 5.68. The SMILES string of the molecule is N#Cc1cc([N+](=O)[O-])ccc1CN1CCOCC1. The molecule has 0 atom stereocenters. The monoisotopic (exact) mass is 247 g/mol. The van der Waals surface area contributed by atoms with E-state index in [1.807, 2.05) is 6.07 Å². The summed E-state index contributed by atoms with van der Waals surface area (Å²) < 4.78 is 5.25. The lowest BCUT2D eigenvalue weighted by Gasteiger charge is -2.26. The van der Waals surface area contributed by atoms with Gasteiger partial charge in [-0.3, -0.25) is 15.0 Å². The number of hydrogen-bond acceptors (Lipinski definition) is 5. The Morgan fingerprint density at radius 1 is 1.44 bits per heavy atom. The molecule has 2 rings (SSSR count). The second kappa shape index (κ2) is 5.58. The molecule has 1 fully saturated rings. The van der Waals surface area contributed by atoms with Crippen molar-refractivity contribution in [1.82, 2.24) is 4.90 Å². The molecule has 0 amide bonds. The number of rotatable bonds is 3. The third-order valence-electron chi connectivity index (χ3n) is 2.92. The molecule has 94 valence electrons. The number of nitrogens with zero attached hydrogens (tertiary/aromatic N) is 3. The standard InChI is InChI=1S/C12H13N3O3/c13-8-11-7-12(15(16)17)2-1-10(11)9-14-3-5-18-6-4-14/h1-2,7H,3-6,9H2. The van der Waals surface area contributed by atoms with E-state index >= 15 is 0 Å². The van der Waals surface area contributed by atoms with Crippen molar-refractivity contribution in [2.24, 2.45) is 0 Å². The normalized spacial score (nSPS) is 16.2. The number of benzene rings is 1. The molecule has 6 nitrogen and oxygen atoms in total. The molecule has 0 N–H and O–H groups in total. The average molecular weight is 247 g/mol. The number of morpholine rings is 1. The fourth-order valence-corrected chi connectivity index (χ4v) is 1.92. The molecule has 0 spiro atoms. The van der Waals surface area contributed by atoms with Gasteiger partial charge in [0.15, 0.2) is 0 Å². The Labute approximate surface area is 105 Å². The minimum Gasteiger partial charge on any atom is -0.379 e. The summed E-state index contributed by atoms with van der Waals surface area (Å²) in [4.78, 5) is 12.3. The van der Waals surface area contributed by atoms with Crippen molar-refractivity contribution in [1.29, 1.82) is 5.26 Å². The zero-order chi connectivity index (χ0) is 13.0. The number of nitro groups is 1. The van der Waals surface area contributed by atoms with Crippen LogP contribution in [0.2, 0.25) is 0 Å². The van der Waals surface area contributed by atoms with Gasteiger partial charge in [0.1, 0.15) is 0 Å². The highest BCUT2D eigenvalue weighted by Crippen LogP contribution is 2.19. The molecule has 0 bridgehead atoms. The highest BCUT2D eigenvalue weighted by Gasteiger charge is 2.15. The summed E-state index contributed by atoms with van der Waals surface area (Å²) in [6.07, 6.45) is 0. The molecule has 1 aliphatic rings. The first-order valence-electron chi connectivity index (χ1n) is 5.68. The molecule has 18 heavy (non-hydrogen) atoms. The Kier molecular flexibility index (Phi) is 3.87. The summed E-state index contributed by atoms with van der Waals surface area (Å²) in [6, 6.07) is 6.45. The molecule has 0 aliphatic carbocycles. The summed E-state index contributed by atoms with van der Waals surface area (Å²) >= 11 is 0. The predicted molar refractivity (Wildman–Crippen MR) is 63.9 cm³/mol. The van der Waals surface area contributed by atoms with E-state index in [-0.39, 0.29) is 5.69 Å². The van der Waals surface area contributed by atoms with Gasteiger partial charge >= 0.3 is 0 Å². The molecule has 0 saturated carbocycles. The number of ether oxygens (including phenoxy) is 1. The molecular formula is C12H13N3O3. The van der Waals surface area contributed by atoms with Gasteiger partial charge in [-0.1, -0.05) is 0 Å². The van der Waals surface area contributed by atoms with E-state index in [0.29, 0.717) is 25.3 Å². The highest BCUT2D eigenvalue weighted by molar-refractivity contribution is 5.46. The van der Waals surface area contributed by atoms with Gasteiger partial charge in [0, 0.05) is 31.8 Å². The quantitative estimate of drug-likeness (QED) is 0.594. The van der Waals surface area contributed by atoms with Gasteiger partial charge in [-0.15, -0.1) is 0 Å². The molecule has 1 saturated heterocycles. The Balaban J connectivity index is 2.17. The molecule has 6 heteroatoms. The van der Waals surface area contributed by atoms with E-state index in [9.17, 15) is 10.1 Å². The fraction of sp³-hybridized carbons (Fsp3) is 0.417. The minimum absolute atomic E-state index is 0.0442.